The molecule has 1 amide bonds. The number of hydrogen-bond donors (Lipinski definition) is 1. The molecule has 1 saturated heterocycles. The summed E-state index contributed by atoms with van der Waals surface area (Å²) in [6.07, 6.45) is -1.31. The minimum absolute atomic E-state index is 0.0527. The third-order valence-corrected chi connectivity index (χ3v) is 8.23. The van der Waals surface area contributed by atoms with Crippen molar-refractivity contribution in [2.45, 2.75) is 63.8 Å². The van der Waals surface area contributed by atoms with Gasteiger partial charge in [0.05, 0.1) is 35.8 Å². The van der Waals surface area contributed by atoms with Crippen molar-refractivity contribution in [3.63, 3.8) is 0 Å². The SMILES string of the molecule is C[C@H](CC(F)(F)F)C(=O)N1CCC(O)(Cn2cnc3cc(F)c(I)cc3c2=O)C2(CCCC2)C1. The molecule has 2 aromatic rings. The zero-order chi connectivity index (χ0) is 24.9. The van der Waals surface area contributed by atoms with E-state index in [1.807, 2.05) is 0 Å². The molecule has 0 bridgehead atoms. The molecule has 6 nitrogen and oxygen atoms in total. The van der Waals surface area contributed by atoms with Crippen LogP contribution < -0.4 is 5.56 Å². The van der Waals surface area contributed by atoms with Crippen molar-refractivity contribution in [1.82, 2.24) is 14.5 Å². The van der Waals surface area contributed by atoms with E-state index >= 15 is 0 Å². The first-order chi connectivity index (χ1) is 15.8. The number of rotatable bonds is 4. The fourth-order valence-corrected chi connectivity index (χ4v) is 6.05. The second kappa shape index (κ2) is 9.03. The van der Waals surface area contributed by atoms with Crippen LogP contribution in [0, 0.1) is 20.7 Å². The second-order valence-electron chi connectivity index (χ2n) is 9.71. The lowest BCUT2D eigenvalue weighted by Crippen LogP contribution is -2.62. The average molecular weight is 595 g/mol. The Bertz CT molecular complexity index is 1160. The predicted molar refractivity (Wildman–Crippen MR) is 126 cm³/mol. The fourth-order valence-electron chi connectivity index (χ4n) is 5.58. The highest BCUT2D eigenvalue weighted by atomic mass is 127. The lowest BCUT2D eigenvalue weighted by molar-refractivity contribution is -0.172. The predicted octanol–water partition coefficient (Wildman–Crippen LogP) is 4.25. The number of fused-ring (bicyclic) bond motifs is 1. The normalized spacial score (nSPS) is 23.6. The van der Waals surface area contributed by atoms with E-state index in [-0.39, 0.29) is 40.5 Å². The average Bonchev–Trinajstić information content (AvgIpc) is 3.22. The summed E-state index contributed by atoms with van der Waals surface area (Å²) in [5.74, 6) is -2.23. The van der Waals surface area contributed by atoms with Crippen molar-refractivity contribution in [1.29, 1.82) is 0 Å². The molecular weight excluding hydrogens is 569 g/mol. The molecule has 11 heteroatoms. The van der Waals surface area contributed by atoms with Crippen molar-refractivity contribution in [3.8, 4) is 0 Å². The van der Waals surface area contributed by atoms with Crippen LogP contribution in [0.15, 0.2) is 23.3 Å². The third-order valence-electron chi connectivity index (χ3n) is 7.41. The molecule has 2 fully saturated rings. The number of amides is 1. The number of alkyl halides is 3. The van der Waals surface area contributed by atoms with Gasteiger partial charge in [-0.2, -0.15) is 13.2 Å². The van der Waals surface area contributed by atoms with Gasteiger partial charge < -0.3 is 10.0 Å². The van der Waals surface area contributed by atoms with Crippen molar-refractivity contribution in [2.24, 2.45) is 11.3 Å². The van der Waals surface area contributed by atoms with Crippen LogP contribution in [0.2, 0.25) is 0 Å². The first-order valence-corrected chi connectivity index (χ1v) is 12.3. The van der Waals surface area contributed by atoms with Gasteiger partial charge in [0.2, 0.25) is 5.91 Å². The molecule has 2 heterocycles. The summed E-state index contributed by atoms with van der Waals surface area (Å²) in [7, 11) is 0. The number of hydrogen-bond acceptors (Lipinski definition) is 4. The molecule has 1 aromatic carbocycles. The van der Waals surface area contributed by atoms with Gasteiger partial charge in [-0.1, -0.05) is 19.8 Å². The molecule has 1 saturated carbocycles. The van der Waals surface area contributed by atoms with Gasteiger partial charge >= 0.3 is 6.18 Å². The maximum Gasteiger partial charge on any atom is 0.389 e. The molecule has 1 aromatic heterocycles. The van der Waals surface area contributed by atoms with Gasteiger partial charge in [0.1, 0.15) is 5.82 Å². The van der Waals surface area contributed by atoms with Gasteiger partial charge in [-0.05, 0) is 47.9 Å². The van der Waals surface area contributed by atoms with Crippen LogP contribution in [-0.4, -0.2) is 50.3 Å². The van der Waals surface area contributed by atoms with E-state index in [0.29, 0.717) is 12.8 Å². The molecule has 4 rings (SSSR count). The Morgan fingerprint density at radius 1 is 1.26 bits per heavy atom. The standard InChI is InChI=1S/C23H26F4IN3O3/c1-14(10-23(25,26)27)19(32)30-7-6-22(34,21(11-30)4-2-3-5-21)12-31-13-29-18-9-16(24)17(28)8-15(18)20(31)33/h8-9,13-14,34H,2-7,10-12H2,1H3/t14-,22?/m1/s1. The van der Waals surface area contributed by atoms with Gasteiger partial charge in [-0.3, -0.25) is 14.2 Å². The highest BCUT2D eigenvalue weighted by molar-refractivity contribution is 14.1. The minimum Gasteiger partial charge on any atom is -0.387 e. The van der Waals surface area contributed by atoms with Gasteiger partial charge in [0, 0.05) is 34.1 Å². The number of piperidine rings is 1. The van der Waals surface area contributed by atoms with Crippen LogP contribution in [-0.2, 0) is 11.3 Å². The summed E-state index contributed by atoms with van der Waals surface area (Å²) < 4.78 is 53.9. The Balaban J connectivity index is 1.62. The molecule has 1 aliphatic heterocycles. The van der Waals surface area contributed by atoms with E-state index in [9.17, 15) is 32.3 Å². The van der Waals surface area contributed by atoms with Crippen LogP contribution >= 0.6 is 22.6 Å². The highest BCUT2D eigenvalue weighted by Gasteiger charge is 2.56. The third kappa shape index (κ3) is 4.69. The second-order valence-corrected chi connectivity index (χ2v) is 10.9. The largest absolute Gasteiger partial charge is 0.389 e. The van der Waals surface area contributed by atoms with Crippen molar-refractivity contribution >= 4 is 39.4 Å². The van der Waals surface area contributed by atoms with Crippen LogP contribution in [0.4, 0.5) is 17.6 Å². The van der Waals surface area contributed by atoms with E-state index < -0.39 is 46.8 Å². The zero-order valence-corrected chi connectivity index (χ0v) is 20.8. The monoisotopic (exact) mass is 595 g/mol. The maximum absolute atomic E-state index is 13.9. The quantitative estimate of drug-likeness (QED) is 0.424. The summed E-state index contributed by atoms with van der Waals surface area (Å²) in [5, 5.41) is 12.1. The van der Waals surface area contributed by atoms with Gasteiger partial charge in [0.15, 0.2) is 0 Å². The molecule has 1 N–H and O–H groups in total. The summed E-state index contributed by atoms with van der Waals surface area (Å²) in [6, 6.07) is 2.62. The number of benzene rings is 1. The molecule has 2 atom stereocenters. The molecule has 1 unspecified atom stereocenters. The minimum atomic E-state index is -4.43. The van der Waals surface area contributed by atoms with E-state index in [1.54, 1.807) is 22.6 Å². The molecule has 2 aliphatic rings. The topological polar surface area (TPSA) is 75.4 Å². The Kier molecular flexibility index (Phi) is 6.73. The molecule has 1 spiro atoms. The van der Waals surface area contributed by atoms with E-state index in [2.05, 4.69) is 4.98 Å². The Hall–Kier alpha value is -1.76. The van der Waals surface area contributed by atoms with Crippen LogP contribution in [0.3, 0.4) is 0 Å². The molecule has 0 radical (unpaired) electrons. The number of halogens is 5. The summed E-state index contributed by atoms with van der Waals surface area (Å²) in [6.45, 7) is 1.49. The summed E-state index contributed by atoms with van der Waals surface area (Å²) in [5.41, 5.74) is -2.23. The highest BCUT2D eigenvalue weighted by Crippen LogP contribution is 2.51. The summed E-state index contributed by atoms with van der Waals surface area (Å²) in [4.78, 5) is 31.6. The zero-order valence-electron chi connectivity index (χ0n) is 18.7. The Labute approximate surface area is 207 Å². The summed E-state index contributed by atoms with van der Waals surface area (Å²) >= 11 is 1.80. The number of aliphatic hydroxyl groups is 1. The van der Waals surface area contributed by atoms with Crippen LogP contribution in [0.1, 0.15) is 45.4 Å². The van der Waals surface area contributed by atoms with Gasteiger partial charge in [0.25, 0.3) is 5.56 Å². The number of carbonyl (C=O) groups is 1. The van der Waals surface area contributed by atoms with Crippen LogP contribution in [0.5, 0.6) is 0 Å². The van der Waals surface area contributed by atoms with Gasteiger partial charge in [-0.25, -0.2) is 9.37 Å². The van der Waals surface area contributed by atoms with E-state index in [0.717, 1.165) is 12.8 Å². The van der Waals surface area contributed by atoms with Crippen molar-refractivity contribution in [2.75, 3.05) is 13.1 Å². The molecule has 1 aliphatic carbocycles. The Morgan fingerprint density at radius 3 is 2.59 bits per heavy atom. The molecular formula is C23H26F4IN3O3. The molecule has 186 valence electrons. The van der Waals surface area contributed by atoms with Crippen molar-refractivity contribution in [3.05, 3.63) is 38.2 Å². The number of carbonyl (C=O) groups excluding carboxylic acids is 1. The lowest BCUT2D eigenvalue weighted by Gasteiger charge is -2.52. The van der Waals surface area contributed by atoms with E-state index in [4.69, 9.17) is 0 Å². The van der Waals surface area contributed by atoms with Crippen molar-refractivity contribution < 1.29 is 27.5 Å². The fraction of sp³-hybridized carbons (Fsp3) is 0.609. The smallest absolute Gasteiger partial charge is 0.387 e. The number of nitrogens with zero attached hydrogens (tertiary/aromatic N) is 3. The maximum atomic E-state index is 13.9. The van der Waals surface area contributed by atoms with Crippen LogP contribution in [0.25, 0.3) is 10.9 Å². The Morgan fingerprint density at radius 2 is 1.94 bits per heavy atom. The first kappa shape index (κ1) is 25.3. The number of likely N-dealkylation sites (tertiary alicyclic amines) is 1. The lowest BCUT2D eigenvalue weighted by atomic mass is 9.65. The van der Waals surface area contributed by atoms with E-state index in [1.165, 1.54) is 34.9 Å². The number of aromatic nitrogens is 2. The van der Waals surface area contributed by atoms with Gasteiger partial charge in [-0.15, -0.1) is 0 Å². The first-order valence-electron chi connectivity index (χ1n) is 11.3. The molecule has 34 heavy (non-hydrogen) atoms.